The Hall–Kier alpha value is -4.48. The van der Waals surface area contributed by atoms with E-state index >= 15 is 0 Å². The molecule has 2 atom stereocenters. The van der Waals surface area contributed by atoms with Crippen molar-refractivity contribution in [3.05, 3.63) is 94.7 Å². The van der Waals surface area contributed by atoms with Crippen molar-refractivity contribution < 1.29 is 32.6 Å². The number of amides is 1. The van der Waals surface area contributed by atoms with Crippen LogP contribution in [0.25, 0.3) is 23.1 Å². The van der Waals surface area contributed by atoms with Crippen LogP contribution in [0.15, 0.2) is 66.7 Å². The highest BCUT2D eigenvalue weighted by atomic mass is 19.4. The number of aromatic amines is 1. The Balaban J connectivity index is 0.000000441. The Morgan fingerprint density at radius 1 is 1.09 bits per heavy atom. The Kier molecular flexibility index (Phi) is 7.77. The average molecular weight is 605 g/mol. The number of aliphatic carboxylic acids is 1. The number of carbonyl (C=O) groups is 2. The van der Waals surface area contributed by atoms with Gasteiger partial charge < -0.3 is 14.7 Å². The Labute approximate surface area is 251 Å². The van der Waals surface area contributed by atoms with E-state index in [9.17, 15) is 18.0 Å². The highest BCUT2D eigenvalue weighted by Gasteiger charge is 2.66. The standard InChI is InChI=1S/C31H30N4O2.C2HF3O2/c1-34-29-5-3-2-4-25(29)31(30(34)36)19-26(31)23-11-12-24-27(32-33-28(24)18-23)13-10-21-6-8-22(9-7-21)20-35-14-16-37-17-15-35;3-2(4,5)1(6)7/h2-13,18,26H,14-17,19-20H2,1H3,(H,32,33);(H,6,7)/t26-,31-;/m0./s1. The van der Waals surface area contributed by atoms with E-state index < -0.39 is 17.6 Å². The summed E-state index contributed by atoms with van der Waals surface area (Å²) in [5.41, 5.74) is 7.40. The first-order valence-electron chi connectivity index (χ1n) is 14.3. The van der Waals surface area contributed by atoms with Gasteiger partial charge in [0.25, 0.3) is 0 Å². The van der Waals surface area contributed by atoms with Gasteiger partial charge >= 0.3 is 12.1 Å². The summed E-state index contributed by atoms with van der Waals surface area (Å²) in [5, 5.41) is 16.0. The third-order valence-corrected chi connectivity index (χ3v) is 8.58. The van der Waals surface area contributed by atoms with Crippen LogP contribution in [0.5, 0.6) is 0 Å². The van der Waals surface area contributed by atoms with Crippen LogP contribution >= 0.6 is 0 Å². The SMILES string of the molecule is CN1C(=O)[C@@]2(C[C@H]2c2ccc3c(C=Cc4ccc(CN5CCOCC5)cc4)n[nH]c3c2)c2ccccc21.O=C(O)C(F)(F)F. The number of H-pyrrole nitrogens is 1. The lowest BCUT2D eigenvalue weighted by Gasteiger charge is -2.26. The van der Waals surface area contributed by atoms with E-state index in [-0.39, 0.29) is 11.8 Å². The predicted molar refractivity (Wildman–Crippen MR) is 160 cm³/mol. The molecular weight excluding hydrogens is 573 g/mol. The minimum absolute atomic E-state index is 0.203. The van der Waals surface area contributed by atoms with E-state index in [1.165, 1.54) is 11.1 Å². The molecule has 7 rings (SSSR count). The van der Waals surface area contributed by atoms with E-state index in [0.717, 1.165) is 72.7 Å². The van der Waals surface area contributed by atoms with Crippen LogP contribution in [0, 0.1) is 0 Å². The molecule has 0 radical (unpaired) electrons. The van der Waals surface area contributed by atoms with Crippen molar-refractivity contribution in [1.82, 2.24) is 15.1 Å². The molecule has 1 saturated carbocycles. The van der Waals surface area contributed by atoms with E-state index in [1.807, 2.05) is 30.1 Å². The summed E-state index contributed by atoms with van der Waals surface area (Å²) in [6, 6.07) is 23.4. The largest absolute Gasteiger partial charge is 0.490 e. The van der Waals surface area contributed by atoms with Crippen LogP contribution in [0.1, 0.15) is 40.3 Å². The minimum Gasteiger partial charge on any atom is -0.475 e. The smallest absolute Gasteiger partial charge is 0.475 e. The second-order valence-electron chi connectivity index (χ2n) is 11.3. The number of nitrogens with one attached hydrogen (secondary N) is 1. The number of nitrogens with zero attached hydrogens (tertiary/aromatic N) is 3. The molecule has 3 aliphatic rings. The van der Waals surface area contributed by atoms with Crippen molar-refractivity contribution in [3.8, 4) is 0 Å². The topological polar surface area (TPSA) is 98.8 Å². The zero-order chi connectivity index (χ0) is 31.1. The van der Waals surface area contributed by atoms with Crippen molar-refractivity contribution >= 4 is 40.6 Å². The second kappa shape index (κ2) is 11.5. The van der Waals surface area contributed by atoms with E-state index in [2.05, 4.69) is 75.8 Å². The number of anilines is 1. The molecule has 2 aliphatic heterocycles. The molecule has 3 heterocycles. The van der Waals surface area contributed by atoms with Gasteiger partial charge in [0.1, 0.15) is 0 Å². The van der Waals surface area contributed by atoms with Crippen LogP contribution in [0.3, 0.4) is 0 Å². The summed E-state index contributed by atoms with van der Waals surface area (Å²) in [6.07, 6.45) is -0.0389. The molecule has 11 heteroatoms. The van der Waals surface area contributed by atoms with Gasteiger partial charge in [-0.25, -0.2) is 4.79 Å². The molecule has 2 N–H and O–H groups in total. The van der Waals surface area contributed by atoms with Gasteiger partial charge in [0.05, 0.1) is 29.8 Å². The summed E-state index contributed by atoms with van der Waals surface area (Å²) in [5.74, 6) is -2.34. The fourth-order valence-corrected chi connectivity index (χ4v) is 6.20. The number of hydrogen-bond donors (Lipinski definition) is 2. The minimum atomic E-state index is -5.08. The quantitative estimate of drug-likeness (QED) is 0.308. The number of fused-ring (bicyclic) bond motifs is 3. The molecule has 1 saturated heterocycles. The highest BCUT2D eigenvalue weighted by molar-refractivity contribution is 6.11. The van der Waals surface area contributed by atoms with Crippen molar-refractivity contribution in [2.24, 2.45) is 0 Å². The number of carboxylic acid groups (broad SMARTS) is 1. The average Bonchev–Trinajstić information content (AvgIpc) is 3.59. The molecule has 0 unspecified atom stereocenters. The zero-order valence-electron chi connectivity index (χ0n) is 24.0. The monoisotopic (exact) mass is 604 g/mol. The van der Waals surface area contributed by atoms with Gasteiger partial charge in [-0.05, 0) is 46.9 Å². The lowest BCUT2D eigenvalue weighted by atomic mass is 9.92. The maximum absolute atomic E-state index is 13.2. The molecular formula is C33H31F3N4O4. The number of benzene rings is 3. The molecule has 0 bridgehead atoms. The van der Waals surface area contributed by atoms with Gasteiger partial charge in [-0.1, -0.05) is 60.7 Å². The number of morpholine rings is 1. The Morgan fingerprint density at radius 3 is 2.50 bits per heavy atom. The van der Waals surface area contributed by atoms with Crippen LogP contribution in [0.4, 0.5) is 18.9 Å². The number of alkyl halides is 3. The van der Waals surface area contributed by atoms with Crippen molar-refractivity contribution in [3.63, 3.8) is 0 Å². The molecule has 1 amide bonds. The molecule has 1 aromatic heterocycles. The van der Waals surface area contributed by atoms with Crippen LogP contribution in [0.2, 0.25) is 0 Å². The van der Waals surface area contributed by atoms with Crippen LogP contribution in [-0.4, -0.2) is 71.6 Å². The number of para-hydroxylation sites is 1. The summed E-state index contributed by atoms with van der Waals surface area (Å²) in [6.45, 7) is 4.61. The van der Waals surface area contributed by atoms with Gasteiger partial charge in [-0.3, -0.25) is 14.8 Å². The number of likely N-dealkylation sites (N-methyl/N-ethyl adjacent to an activating group) is 1. The van der Waals surface area contributed by atoms with Gasteiger partial charge in [-0.15, -0.1) is 0 Å². The second-order valence-corrected chi connectivity index (χ2v) is 11.3. The molecule has 4 aromatic rings. The van der Waals surface area contributed by atoms with Crippen molar-refractivity contribution in [2.45, 2.75) is 30.5 Å². The number of carboxylic acids is 1. The van der Waals surface area contributed by atoms with E-state index in [1.54, 1.807) is 0 Å². The summed E-state index contributed by atoms with van der Waals surface area (Å²) in [4.78, 5) is 26.4. The van der Waals surface area contributed by atoms with Crippen LogP contribution in [-0.2, 0) is 26.3 Å². The fourth-order valence-electron chi connectivity index (χ4n) is 6.20. The summed E-state index contributed by atoms with van der Waals surface area (Å²) >= 11 is 0. The molecule has 2 fully saturated rings. The van der Waals surface area contributed by atoms with E-state index in [0.29, 0.717) is 0 Å². The third kappa shape index (κ3) is 5.60. The summed E-state index contributed by atoms with van der Waals surface area (Å²) in [7, 11) is 1.89. The molecule has 44 heavy (non-hydrogen) atoms. The van der Waals surface area contributed by atoms with E-state index in [4.69, 9.17) is 14.6 Å². The predicted octanol–water partition coefficient (Wildman–Crippen LogP) is 5.60. The first-order valence-corrected chi connectivity index (χ1v) is 14.3. The number of rotatable bonds is 5. The highest BCUT2D eigenvalue weighted by Crippen LogP contribution is 2.66. The van der Waals surface area contributed by atoms with Gasteiger partial charge in [-0.2, -0.15) is 18.3 Å². The number of carbonyl (C=O) groups excluding carboxylic acids is 1. The molecule has 228 valence electrons. The number of hydrogen-bond acceptors (Lipinski definition) is 5. The number of ether oxygens (including phenoxy) is 1. The Bertz CT molecular complexity index is 1730. The van der Waals surface area contributed by atoms with Gasteiger partial charge in [0.2, 0.25) is 5.91 Å². The maximum atomic E-state index is 13.2. The zero-order valence-corrected chi connectivity index (χ0v) is 24.0. The molecule has 1 aliphatic carbocycles. The Morgan fingerprint density at radius 2 is 1.80 bits per heavy atom. The van der Waals surface area contributed by atoms with Gasteiger partial charge in [0, 0.05) is 43.7 Å². The number of halogens is 3. The van der Waals surface area contributed by atoms with Crippen LogP contribution < -0.4 is 4.90 Å². The maximum Gasteiger partial charge on any atom is 0.490 e. The van der Waals surface area contributed by atoms with Gasteiger partial charge in [0.15, 0.2) is 0 Å². The molecule has 1 spiro atoms. The molecule has 3 aromatic carbocycles. The lowest BCUT2D eigenvalue weighted by molar-refractivity contribution is -0.192. The van der Waals surface area contributed by atoms with Crippen molar-refractivity contribution in [2.75, 3.05) is 38.3 Å². The lowest BCUT2D eigenvalue weighted by Crippen LogP contribution is -2.35. The first kappa shape index (κ1) is 29.6. The summed E-state index contributed by atoms with van der Waals surface area (Å²) < 4.78 is 37.2. The first-order chi connectivity index (χ1) is 21.1. The normalized spacial score (nSPS) is 21.5. The number of aromatic nitrogens is 2. The molecule has 8 nitrogen and oxygen atoms in total. The third-order valence-electron chi connectivity index (χ3n) is 8.58. The fraction of sp³-hybridized carbons (Fsp3) is 0.303. The van der Waals surface area contributed by atoms with Crippen molar-refractivity contribution in [1.29, 1.82) is 0 Å².